The summed E-state index contributed by atoms with van der Waals surface area (Å²) in [4.78, 5) is 35.6. The minimum atomic E-state index is -4.51. The number of benzene rings is 1. The van der Waals surface area contributed by atoms with Gasteiger partial charge >= 0.3 is 24.1 Å². The number of carbonyl (C=O) groups is 3. The number of thiol groups is 1. The Morgan fingerprint density at radius 3 is 1.97 bits per heavy atom. The van der Waals surface area contributed by atoms with Crippen LogP contribution in [-0.2, 0) is 45.1 Å². The van der Waals surface area contributed by atoms with Crippen LogP contribution < -0.4 is 0 Å². The van der Waals surface area contributed by atoms with Crippen molar-refractivity contribution in [3.05, 3.63) is 47.5 Å². The molecule has 1 heterocycles. The molecule has 1 fully saturated rings. The average molecular weight is 598 g/mol. The summed E-state index contributed by atoms with van der Waals surface area (Å²) in [5.41, 5.74) is -2.17. The Balaban J connectivity index is 0.00000291. The zero-order valence-corrected chi connectivity index (χ0v) is 22.8. The van der Waals surface area contributed by atoms with Crippen molar-refractivity contribution in [2.24, 2.45) is 0 Å². The molecule has 1 aliphatic rings. The maximum absolute atomic E-state index is 12.7. The first-order valence-electron chi connectivity index (χ1n) is 10.2. The highest BCUT2D eigenvalue weighted by Crippen LogP contribution is 2.36. The van der Waals surface area contributed by atoms with Gasteiger partial charge in [-0.2, -0.15) is 25.8 Å². The number of esters is 3. The molecule has 0 radical (unpaired) electrons. The Labute approximate surface area is 227 Å². The number of carbonyl (C=O) groups excluding carboxylic acids is 3. The molecular formula is C22H26Cl3F3O7S. The van der Waals surface area contributed by atoms with Crippen LogP contribution in [0.15, 0.2) is 36.4 Å². The van der Waals surface area contributed by atoms with Crippen molar-refractivity contribution in [1.82, 2.24) is 0 Å². The van der Waals surface area contributed by atoms with Crippen LogP contribution >= 0.6 is 47.4 Å². The van der Waals surface area contributed by atoms with Gasteiger partial charge in [0.2, 0.25) is 3.79 Å². The third-order valence-electron chi connectivity index (χ3n) is 4.08. The van der Waals surface area contributed by atoms with Crippen LogP contribution in [-0.4, -0.2) is 54.4 Å². The highest BCUT2D eigenvalue weighted by Gasteiger charge is 2.45. The van der Waals surface area contributed by atoms with Gasteiger partial charge in [-0.15, -0.1) is 0 Å². The molecule has 1 aromatic rings. The second-order valence-electron chi connectivity index (χ2n) is 6.67. The zero-order valence-electron chi connectivity index (χ0n) is 19.6. The highest BCUT2D eigenvalue weighted by atomic mass is 35.6. The topological polar surface area (TPSA) is 88.1 Å². The molecule has 0 aromatic heterocycles. The summed E-state index contributed by atoms with van der Waals surface area (Å²) >= 11 is 19.8. The molecule has 0 amide bonds. The summed E-state index contributed by atoms with van der Waals surface area (Å²) in [6, 6.07) is 4.09. The van der Waals surface area contributed by atoms with Gasteiger partial charge in [0, 0.05) is 11.1 Å². The maximum atomic E-state index is 12.7. The lowest BCUT2D eigenvalue weighted by Crippen LogP contribution is -2.50. The molecule has 1 saturated heterocycles. The van der Waals surface area contributed by atoms with E-state index in [2.05, 4.69) is 28.7 Å². The molecule has 0 saturated carbocycles. The minimum Gasteiger partial charge on any atom is -0.459 e. The summed E-state index contributed by atoms with van der Waals surface area (Å²) < 4.78 is 56.0. The summed E-state index contributed by atoms with van der Waals surface area (Å²) in [5, 5.41) is 0. The molecule has 0 unspecified atom stereocenters. The van der Waals surface area contributed by atoms with Crippen molar-refractivity contribution in [3.63, 3.8) is 0 Å². The number of hydrogen-bond acceptors (Lipinski definition) is 8. The van der Waals surface area contributed by atoms with Gasteiger partial charge in [-0.1, -0.05) is 67.4 Å². The lowest BCUT2D eigenvalue weighted by Gasteiger charge is -2.41. The zero-order chi connectivity index (χ0) is 28.2. The quantitative estimate of drug-likeness (QED) is 0.140. The van der Waals surface area contributed by atoms with E-state index in [9.17, 15) is 27.6 Å². The highest BCUT2D eigenvalue weighted by molar-refractivity contribution is 7.79. The monoisotopic (exact) mass is 596 g/mol. The summed E-state index contributed by atoms with van der Waals surface area (Å²) in [7, 11) is 0. The van der Waals surface area contributed by atoms with Gasteiger partial charge in [-0.25, -0.2) is 9.59 Å². The van der Waals surface area contributed by atoms with E-state index in [1.54, 1.807) is 6.26 Å². The third kappa shape index (κ3) is 11.6. The molecule has 0 spiro atoms. The van der Waals surface area contributed by atoms with E-state index in [4.69, 9.17) is 44.3 Å². The van der Waals surface area contributed by atoms with Gasteiger partial charge in [-0.3, -0.25) is 4.79 Å². The van der Waals surface area contributed by atoms with E-state index in [0.717, 1.165) is 12.1 Å². The number of halogens is 6. The van der Waals surface area contributed by atoms with E-state index in [-0.39, 0.29) is 18.8 Å². The third-order valence-corrected chi connectivity index (χ3v) is 4.41. The van der Waals surface area contributed by atoms with Gasteiger partial charge in [0.1, 0.15) is 6.61 Å². The van der Waals surface area contributed by atoms with Gasteiger partial charge in [-0.05, 0) is 18.4 Å². The molecule has 0 aliphatic carbocycles. The Hall–Kier alpha value is -1.66. The van der Waals surface area contributed by atoms with Crippen LogP contribution in [0.25, 0.3) is 0 Å². The van der Waals surface area contributed by atoms with Crippen molar-refractivity contribution in [1.29, 1.82) is 0 Å². The van der Waals surface area contributed by atoms with Crippen molar-refractivity contribution >= 4 is 65.3 Å². The normalized spacial score (nSPS) is 13.9. The van der Waals surface area contributed by atoms with Crippen molar-refractivity contribution < 1.29 is 46.5 Å². The fraction of sp³-hybridized carbons (Fsp3) is 0.500. The fourth-order valence-electron chi connectivity index (χ4n) is 2.47. The van der Waals surface area contributed by atoms with Crippen LogP contribution in [0.4, 0.5) is 13.2 Å². The number of hydrogen-bond donors (Lipinski definition) is 1. The fourth-order valence-corrected chi connectivity index (χ4v) is 2.63. The molecule has 0 bridgehead atoms. The molecule has 1 aromatic carbocycles. The van der Waals surface area contributed by atoms with E-state index < -0.39 is 58.7 Å². The summed E-state index contributed by atoms with van der Waals surface area (Å²) in [5.74, 6) is -2.96. The van der Waals surface area contributed by atoms with Gasteiger partial charge in [0.15, 0.2) is 12.2 Å². The molecule has 204 valence electrons. The van der Waals surface area contributed by atoms with Crippen LogP contribution in [0.2, 0.25) is 0 Å². The largest absolute Gasteiger partial charge is 0.459 e. The number of alkyl halides is 6. The van der Waals surface area contributed by atoms with Crippen molar-refractivity contribution in [2.75, 3.05) is 32.7 Å². The van der Waals surface area contributed by atoms with Gasteiger partial charge in [0.05, 0.1) is 25.2 Å². The minimum absolute atomic E-state index is 0.0733. The van der Waals surface area contributed by atoms with E-state index in [1.165, 1.54) is 12.1 Å². The van der Waals surface area contributed by atoms with Crippen LogP contribution in [0.3, 0.4) is 0 Å². The second-order valence-corrected chi connectivity index (χ2v) is 9.18. The Morgan fingerprint density at radius 2 is 1.56 bits per heavy atom. The average Bonchev–Trinajstić information content (AvgIpc) is 2.80. The smallest absolute Gasteiger partial charge is 0.416 e. The first kappa shape index (κ1) is 34.3. The van der Waals surface area contributed by atoms with E-state index >= 15 is 0 Å². The predicted molar refractivity (Wildman–Crippen MR) is 132 cm³/mol. The van der Waals surface area contributed by atoms with E-state index in [1.807, 2.05) is 13.8 Å². The molecule has 1 aliphatic heterocycles. The first-order chi connectivity index (χ1) is 16.7. The van der Waals surface area contributed by atoms with E-state index in [0.29, 0.717) is 5.56 Å². The SMILES string of the molecule is C=C(CC(=O)OC1(c2ccc(C(F)(F)F)cc2)COC1)C(=O)OCC(=O)OCC(Cl)(Cl)Cl.CC.CS. The van der Waals surface area contributed by atoms with Crippen LogP contribution in [0, 0.1) is 0 Å². The molecule has 7 nitrogen and oxygen atoms in total. The Morgan fingerprint density at radius 1 is 1.03 bits per heavy atom. The molecule has 0 atom stereocenters. The number of ether oxygens (including phenoxy) is 4. The Bertz CT molecular complexity index is 884. The standard InChI is InChI=1S/C19H16Cl3F3O7.C2H6.CH4S/c1-11(16(28)30-7-15(27)31-10-18(20,21)22)6-14(26)32-17(8-29-9-17)12-2-4-13(5-3-12)19(23,24)25;2*1-2/h2-5H,1,6-10H2;1-2H3;2H,1H3. The van der Waals surface area contributed by atoms with Gasteiger partial charge < -0.3 is 18.9 Å². The van der Waals surface area contributed by atoms with Gasteiger partial charge in [0.25, 0.3) is 0 Å². The molecule has 0 N–H and O–H groups in total. The predicted octanol–water partition coefficient (Wildman–Crippen LogP) is 5.45. The van der Waals surface area contributed by atoms with Crippen molar-refractivity contribution in [2.45, 2.75) is 35.8 Å². The van der Waals surface area contributed by atoms with Crippen LogP contribution in [0.1, 0.15) is 31.4 Å². The summed E-state index contributed by atoms with van der Waals surface area (Å²) in [6.45, 7) is 5.88. The molecule has 2 rings (SSSR count). The maximum Gasteiger partial charge on any atom is 0.416 e. The second kappa shape index (κ2) is 15.6. The first-order valence-corrected chi connectivity index (χ1v) is 12.2. The Kier molecular flexibility index (Phi) is 14.8. The van der Waals surface area contributed by atoms with Crippen molar-refractivity contribution in [3.8, 4) is 0 Å². The lowest BCUT2D eigenvalue weighted by atomic mass is 9.91. The number of rotatable bonds is 8. The van der Waals surface area contributed by atoms with Crippen LogP contribution in [0.5, 0.6) is 0 Å². The molecular weight excluding hydrogens is 572 g/mol. The lowest BCUT2D eigenvalue weighted by molar-refractivity contribution is -0.218. The molecule has 14 heteroatoms. The summed E-state index contributed by atoms with van der Waals surface area (Å²) in [6.07, 6.45) is -3.41. The molecule has 36 heavy (non-hydrogen) atoms.